The van der Waals surface area contributed by atoms with Crippen molar-refractivity contribution in [2.75, 3.05) is 7.11 Å². The zero-order valence-corrected chi connectivity index (χ0v) is 13.1. The van der Waals surface area contributed by atoms with Crippen LogP contribution in [-0.2, 0) is 0 Å². The van der Waals surface area contributed by atoms with Gasteiger partial charge in [0.1, 0.15) is 5.75 Å². The monoisotopic (exact) mass is 372 g/mol. The van der Waals surface area contributed by atoms with Crippen molar-refractivity contribution in [3.05, 3.63) is 44.0 Å². The van der Waals surface area contributed by atoms with Crippen LogP contribution in [0.2, 0.25) is 0 Å². The van der Waals surface area contributed by atoms with Gasteiger partial charge in [-0.25, -0.2) is 0 Å². The molecule has 0 amide bonds. The molecule has 0 saturated heterocycles. The minimum Gasteiger partial charge on any atom is -0.497 e. The Labute approximate surface area is 121 Å². The Balaban J connectivity index is 2.55. The topological polar surface area (TPSA) is 9.23 Å². The Morgan fingerprint density at radius 1 is 1.29 bits per heavy atom. The van der Waals surface area contributed by atoms with Crippen LogP contribution in [0, 0.1) is 0 Å². The van der Waals surface area contributed by atoms with E-state index in [4.69, 9.17) is 4.74 Å². The van der Waals surface area contributed by atoms with E-state index in [-0.39, 0.29) is 0 Å². The average Bonchev–Trinajstić information content (AvgIpc) is 2.81. The molecule has 2 aromatic rings. The van der Waals surface area contributed by atoms with Crippen LogP contribution in [0.4, 0.5) is 0 Å². The van der Waals surface area contributed by atoms with Gasteiger partial charge in [0.05, 0.1) is 10.5 Å². The first kappa shape index (κ1) is 12.9. The number of halogens is 2. The second-order valence-electron chi connectivity index (χ2n) is 3.40. The van der Waals surface area contributed by atoms with Gasteiger partial charge in [-0.2, -0.15) is 11.3 Å². The molecule has 4 heteroatoms. The summed E-state index contributed by atoms with van der Waals surface area (Å²) in [4.78, 5) is 0. The van der Waals surface area contributed by atoms with Crippen LogP contribution in [0.1, 0.15) is 5.56 Å². The molecule has 0 spiro atoms. The average molecular weight is 374 g/mol. The lowest BCUT2D eigenvalue weighted by molar-refractivity contribution is 0.415. The predicted octanol–water partition coefficient (Wildman–Crippen LogP) is 5.51. The lowest BCUT2D eigenvalue weighted by Crippen LogP contribution is -1.86. The molecular formula is C13H10Br2OS. The summed E-state index contributed by atoms with van der Waals surface area (Å²) in [5.74, 6) is 0.858. The number of hydrogen-bond acceptors (Lipinski definition) is 2. The first-order valence-electron chi connectivity index (χ1n) is 4.94. The van der Waals surface area contributed by atoms with Gasteiger partial charge in [-0.05, 0) is 83.6 Å². The van der Waals surface area contributed by atoms with Gasteiger partial charge in [-0.3, -0.25) is 0 Å². The summed E-state index contributed by atoms with van der Waals surface area (Å²) in [6.45, 7) is 0. The van der Waals surface area contributed by atoms with Gasteiger partial charge in [-0.1, -0.05) is 6.07 Å². The highest BCUT2D eigenvalue weighted by molar-refractivity contribution is 9.28. The molecule has 1 nitrogen and oxygen atoms in total. The molecule has 0 bridgehead atoms. The second-order valence-corrected chi connectivity index (χ2v) is 6.95. The molecular weight excluding hydrogens is 364 g/mol. The van der Waals surface area contributed by atoms with E-state index < -0.39 is 0 Å². The Bertz CT molecular complexity index is 528. The van der Waals surface area contributed by atoms with Gasteiger partial charge >= 0.3 is 0 Å². The largest absolute Gasteiger partial charge is 0.497 e. The third-order valence-electron chi connectivity index (χ3n) is 2.36. The molecule has 1 aromatic heterocycles. The van der Waals surface area contributed by atoms with Crippen LogP contribution in [0.25, 0.3) is 17.2 Å². The van der Waals surface area contributed by atoms with Crippen molar-refractivity contribution < 1.29 is 4.74 Å². The van der Waals surface area contributed by atoms with Crippen molar-refractivity contribution in [1.82, 2.24) is 0 Å². The van der Waals surface area contributed by atoms with E-state index in [1.54, 1.807) is 18.4 Å². The quantitative estimate of drug-likeness (QED) is 0.688. The third kappa shape index (κ3) is 3.21. The van der Waals surface area contributed by atoms with Crippen LogP contribution in [-0.4, -0.2) is 7.11 Å². The molecule has 0 unspecified atom stereocenters. The van der Waals surface area contributed by atoms with E-state index in [1.807, 2.05) is 18.2 Å². The Kier molecular flexibility index (Phi) is 4.42. The van der Waals surface area contributed by atoms with Gasteiger partial charge in [0, 0.05) is 0 Å². The maximum atomic E-state index is 5.25. The fourth-order valence-corrected chi connectivity index (χ4v) is 2.73. The summed E-state index contributed by atoms with van der Waals surface area (Å²) >= 11 is 8.49. The summed E-state index contributed by atoms with van der Waals surface area (Å²) in [5, 5.41) is 4.22. The zero-order chi connectivity index (χ0) is 12.3. The number of rotatable bonds is 3. The van der Waals surface area contributed by atoms with Gasteiger partial charge in [0.25, 0.3) is 0 Å². The molecule has 0 aliphatic rings. The van der Waals surface area contributed by atoms with Crippen molar-refractivity contribution in [3.63, 3.8) is 0 Å². The van der Waals surface area contributed by atoms with Crippen molar-refractivity contribution in [2.45, 2.75) is 0 Å². The Morgan fingerprint density at radius 3 is 2.71 bits per heavy atom. The molecule has 17 heavy (non-hydrogen) atoms. The highest BCUT2D eigenvalue weighted by Crippen LogP contribution is 2.32. The van der Waals surface area contributed by atoms with Crippen molar-refractivity contribution in [2.24, 2.45) is 0 Å². The van der Waals surface area contributed by atoms with Crippen LogP contribution >= 0.6 is 43.2 Å². The predicted molar refractivity (Wildman–Crippen MR) is 82.1 cm³/mol. The summed E-state index contributed by atoms with van der Waals surface area (Å²) in [5.41, 5.74) is 3.54. The van der Waals surface area contributed by atoms with E-state index in [9.17, 15) is 0 Å². The molecule has 0 N–H and O–H groups in total. The molecule has 1 aromatic carbocycles. The van der Waals surface area contributed by atoms with Crippen molar-refractivity contribution in [3.8, 4) is 16.9 Å². The fraction of sp³-hybridized carbons (Fsp3) is 0.0769. The minimum atomic E-state index is 0.858. The van der Waals surface area contributed by atoms with E-state index in [1.165, 1.54) is 11.1 Å². The Morgan fingerprint density at radius 2 is 2.12 bits per heavy atom. The lowest BCUT2D eigenvalue weighted by Gasteiger charge is -2.07. The van der Waals surface area contributed by atoms with E-state index in [0.29, 0.717) is 0 Å². The third-order valence-corrected chi connectivity index (χ3v) is 3.50. The molecule has 0 radical (unpaired) electrons. The summed E-state index contributed by atoms with van der Waals surface area (Å²) in [7, 11) is 1.68. The summed E-state index contributed by atoms with van der Waals surface area (Å²) in [6, 6.07) is 8.20. The van der Waals surface area contributed by atoms with Crippen molar-refractivity contribution >= 4 is 49.3 Å². The van der Waals surface area contributed by atoms with E-state index >= 15 is 0 Å². The second kappa shape index (κ2) is 5.85. The number of benzene rings is 1. The van der Waals surface area contributed by atoms with Crippen LogP contribution in [0.5, 0.6) is 5.75 Å². The number of hydrogen-bond donors (Lipinski definition) is 0. The SMILES string of the molecule is COc1ccc(-c2ccsc2)c(C=C(Br)Br)c1. The normalized spacial score (nSPS) is 10.1. The molecule has 88 valence electrons. The smallest absolute Gasteiger partial charge is 0.119 e. The standard InChI is InChI=1S/C13H10Br2OS/c1-16-11-2-3-12(9-4-5-17-8-9)10(6-11)7-13(14)15/h2-8H,1H3. The first-order valence-corrected chi connectivity index (χ1v) is 7.47. The van der Waals surface area contributed by atoms with Gasteiger partial charge < -0.3 is 4.74 Å². The van der Waals surface area contributed by atoms with E-state index in [0.717, 1.165) is 14.7 Å². The zero-order valence-electron chi connectivity index (χ0n) is 9.11. The van der Waals surface area contributed by atoms with Gasteiger partial charge in [0.15, 0.2) is 0 Å². The minimum absolute atomic E-state index is 0.858. The molecule has 2 rings (SSSR count). The number of methoxy groups -OCH3 is 1. The van der Waals surface area contributed by atoms with Crippen molar-refractivity contribution in [1.29, 1.82) is 0 Å². The molecule has 0 atom stereocenters. The molecule has 0 aliphatic carbocycles. The summed E-state index contributed by atoms with van der Waals surface area (Å²) < 4.78 is 6.16. The maximum Gasteiger partial charge on any atom is 0.119 e. The molecule has 0 fully saturated rings. The molecule has 1 heterocycles. The van der Waals surface area contributed by atoms with Gasteiger partial charge in [0.2, 0.25) is 0 Å². The highest BCUT2D eigenvalue weighted by Gasteiger charge is 2.05. The lowest BCUT2D eigenvalue weighted by atomic mass is 10.0. The molecule has 0 aliphatic heterocycles. The van der Waals surface area contributed by atoms with Crippen LogP contribution < -0.4 is 4.74 Å². The van der Waals surface area contributed by atoms with Crippen LogP contribution in [0.3, 0.4) is 0 Å². The maximum absolute atomic E-state index is 5.25. The van der Waals surface area contributed by atoms with Gasteiger partial charge in [-0.15, -0.1) is 0 Å². The fourth-order valence-electron chi connectivity index (χ4n) is 1.59. The number of thiophene rings is 1. The van der Waals surface area contributed by atoms with E-state index in [2.05, 4.69) is 54.8 Å². The highest BCUT2D eigenvalue weighted by atomic mass is 79.9. The van der Waals surface area contributed by atoms with Crippen LogP contribution in [0.15, 0.2) is 38.4 Å². The Hall–Kier alpha value is -0.580. The first-order chi connectivity index (χ1) is 8.20. The summed E-state index contributed by atoms with van der Waals surface area (Å²) in [6.07, 6.45) is 2.02. The molecule has 0 saturated carbocycles. The number of ether oxygens (including phenoxy) is 1.